The van der Waals surface area contributed by atoms with Crippen LogP contribution in [0.3, 0.4) is 0 Å². The second-order valence-corrected chi connectivity index (χ2v) is 6.32. The van der Waals surface area contributed by atoms with E-state index < -0.39 is 0 Å². The molecule has 2 rings (SSSR count). The van der Waals surface area contributed by atoms with Crippen molar-refractivity contribution in [3.05, 3.63) is 66.0 Å². The maximum absolute atomic E-state index is 12.9. The van der Waals surface area contributed by atoms with Crippen LogP contribution in [0.15, 0.2) is 54.7 Å². The van der Waals surface area contributed by atoms with E-state index in [2.05, 4.69) is 24.1 Å². The second-order valence-electron chi connectivity index (χ2n) is 6.32. The number of benzene rings is 1. The van der Waals surface area contributed by atoms with E-state index in [1.807, 2.05) is 48.5 Å². The summed E-state index contributed by atoms with van der Waals surface area (Å²) >= 11 is 0. The lowest BCUT2D eigenvalue weighted by molar-refractivity contribution is 0.142. The monoisotopic (exact) mass is 341 g/mol. The standard InChI is InChI=1S/C20H27N3O2/c1-16(2)19(17-9-5-4-6-10-17)22-20(24)23(13-14-25-3)15-18-11-7-8-12-21-18/h4-12,16,19H,13-15H2,1-3H3,(H,22,24). The Morgan fingerprint density at radius 3 is 2.48 bits per heavy atom. The van der Waals surface area contributed by atoms with Crippen molar-refractivity contribution in [1.82, 2.24) is 15.2 Å². The highest BCUT2D eigenvalue weighted by Gasteiger charge is 2.22. The lowest BCUT2D eigenvalue weighted by Crippen LogP contribution is -2.44. The summed E-state index contributed by atoms with van der Waals surface area (Å²) in [4.78, 5) is 18.9. The van der Waals surface area contributed by atoms with Crippen LogP contribution in [0.4, 0.5) is 4.79 Å². The first kappa shape index (κ1) is 18.9. The molecule has 0 saturated carbocycles. The number of nitrogens with one attached hydrogen (secondary N) is 1. The molecule has 0 radical (unpaired) electrons. The van der Waals surface area contributed by atoms with Crippen molar-refractivity contribution in [3.8, 4) is 0 Å². The number of hydrogen-bond donors (Lipinski definition) is 1. The summed E-state index contributed by atoms with van der Waals surface area (Å²) in [5.74, 6) is 0.283. The Balaban J connectivity index is 2.11. The van der Waals surface area contributed by atoms with Gasteiger partial charge in [0.15, 0.2) is 0 Å². The lowest BCUT2D eigenvalue weighted by Gasteiger charge is -2.28. The minimum absolute atomic E-state index is 0.0394. The zero-order valence-electron chi connectivity index (χ0n) is 15.2. The van der Waals surface area contributed by atoms with E-state index in [9.17, 15) is 4.79 Å². The van der Waals surface area contributed by atoms with Gasteiger partial charge >= 0.3 is 6.03 Å². The van der Waals surface area contributed by atoms with Gasteiger partial charge in [0.2, 0.25) is 0 Å². The molecule has 5 heteroatoms. The molecule has 134 valence electrons. The highest BCUT2D eigenvalue weighted by atomic mass is 16.5. The number of ether oxygens (including phenoxy) is 1. The molecule has 5 nitrogen and oxygen atoms in total. The Kier molecular flexibility index (Phi) is 7.41. The third-order valence-electron chi connectivity index (χ3n) is 4.04. The summed E-state index contributed by atoms with van der Waals surface area (Å²) in [5, 5.41) is 3.17. The topological polar surface area (TPSA) is 54.5 Å². The van der Waals surface area contributed by atoms with E-state index in [1.165, 1.54) is 0 Å². The van der Waals surface area contributed by atoms with Crippen LogP contribution in [0.25, 0.3) is 0 Å². The van der Waals surface area contributed by atoms with E-state index in [1.54, 1.807) is 18.2 Å². The van der Waals surface area contributed by atoms with E-state index in [0.717, 1.165) is 11.3 Å². The van der Waals surface area contributed by atoms with Crippen molar-refractivity contribution in [2.24, 2.45) is 5.92 Å². The average molecular weight is 341 g/mol. The summed E-state index contributed by atoms with van der Waals surface area (Å²) in [6, 6.07) is 15.6. The molecule has 1 heterocycles. The molecule has 1 atom stereocenters. The number of carbonyl (C=O) groups is 1. The van der Waals surface area contributed by atoms with E-state index in [4.69, 9.17) is 4.74 Å². The number of methoxy groups -OCH3 is 1. The van der Waals surface area contributed by atoms with Gasteiger partial charge in [0.05, 0.1) is 24.9 Å². The van der Waals surface area contributed by atoms with Crippen molar-refractivity contribution in [2.75, 3.05) is 20.3 Å². The highest BCUT2D eigenvalue weighted by molar-refractivity contribution is 5.74. The summed E-state index contributed by atoms with van der Waals surface area (Å²) in [6.07, 6.45) is 1.74. The molecular weight excluding hydrogens is 314 g/mol. The van der Waals surface area contributed by atoms with Crippen LogP contribution in [-0.2, 0) is 11.3 Å². The first-order chi connectivity index (χ1) is 12.1. The third-order valence-corrected chi connectivity index (χ3v) is 4.04. The molecule has 2 amide bonds. The van der Waals surface area contributed by atoms with Gasteiger partial charge in [0.1, 0.15) is 0 Å². The summed E-state index contributed by atoms with van der Waals surface area (Å²) in [5.41, 5.74) is 1.96. The van der Waals surface area contributed by atoms with Crippen molar-refractivity contribution in [3.63, 3.8) is 0 Å². The number of urea groups is 1. The molecule has 0 saturated heterocycles. The van der Waals surface area contributed by atoms with Gasteiger partial charge in [-0.1, -0.05) is 50.2 Å². The fraction of sp³-hybridized carbons (Fsp3) is 0.400. The van der Waals surface area contributed by atoms with Crippen LogP contribution in [0.5, 0.6) is 0 Å². The molecule has 0 spiro atoms. The number of aromatic nitrogens is 1. The molecule has 25 heavy (non-hydrogen) atoms. The second kappa shape index (κ2) is 9.79. The predicted octanol–water partition coefficient (Wildman–Crippen LogP) is 3.64. The van der Waals surface area contributed by atoms with Crippen LogP contribution in [0, 0.1) is 5.92 Å². The van der Waals surface area contributed by atoms with Crippen LogP contribution >= 0.6 is 0 Å². The minimum Gasteiger partial charge on any atom is -0.383 e. The minimum atomic E-state index is -0.106. The Morgan fingerprint density at radius 2 is 1.88 bits per heavy atom. The lowest BCUT2D eigenvalue weighted by atomic mass is 9.96. The summed E-state index contributed by atoms with van der Waals surface area (Å²) in [7, 11) is 1.64. The third kappa shape index (κ3) is 5.87. The molecule has 2 aromatic rings. The van der Waals surface area contributed by atoms with Crippen molar-refractivity contribution < 1.29 is 9.53 Å². The fourth-order valence-corrected chi connectivity index (χ4v) is 2.66. The zero-order valence-corrected chi connectivity index (χ0v) is 15.2. The molecule has 0 fully saturated rings. The molecule has 1 N–H and O–H groups in total. The van der Waals surface area contributed by atoms with Gasteiger partial charge in [-0.3, -0.25) is 4.98 Å². The van der Waals surface area contributed by atoms with Gasteiger partial charge in [-0.05, 0) is 23.6 Å². The fourth-order valence-electron chi connectivity index (χ4n) is 2.66. The van der Waals surface area contributed by atoms with Gasteiger partial charge in [-0.15, -0.1) is 0 Å². The van der Waals surface area contributed by atoms with E-state index in [0.29, 0.717) is 19.7 Å². The molecular formula is C20H27N3O2. The van der Waals surface area contributed by atoms with Crippen molar-refractivity contribution in [1.29, 1.82) is 0 Å². The van der Waals surface area contributed by atoms with Crippen molar-refractivity contribution >= 4 is 6.03 Å². The molecule has 1 aromatic heterocycles. The molecule has 0 aliphatic carbocycles. The number of carbonyl (C=O) groups excluding carboxylic acids is 1. The number of nitrogens with zero attached hydrogens (tertiary/aromatic N) is 2. The van der Waals surface area contributed by atoms with Crippen molar-refractivity contribution in [2.45, 2.75) is 26.4 Å². The number of rotatable bonds is 8. The summed E-state index contributed by atoms with van der Waals surface area (Å²) < 4.78 is 5.16. The SMILES string of the molecule is COCCN(Cc1ccccn1)C(=O)NC(c1ccccc1)C(C)C. The molecule has 0 aliphatic heterocycles. The van der Waals surface area contributed by atoms with Gasteiger partial charge in [0, 0.05) is 19.9 Å². The van der Waals surface area contributed by atoms with Crippen LogP contribution in [0.1, 0.15) is 31.1 Å². The van der Waals surface area contributed by atoms with Gasteiger partial charge in [-0.2, -0.15) is 0 Å². The Morgan fingerprint density at radius 1 is 1.16 bits per heavy atom. The number of pyridine rings is 1. The van der Waals surface area contributed by atoms with Crippen LogP contribution in [0.2, 0.25) is 0 Å². The molecule has 0 aliphatic rings. The predicted molar refractivity (Wildman–Crippen MR) is 99.1 cm³/mol. The summed E-state index contributed by atoms with van der Waals surface area (Å²) in [6.45, 7) is 5.67. The van der Waals surface area contributed by atoms with Gasteiger partial charge in [-0.25, -0.2) is 4.79 Å². The van der Waals surface area contributed by atoms with Crippen LogP contribution < -0.4 is 5.32 Å². The maximum Gasteiger partial charge on any atom is 0.318 e. The number of amides is 2. The van der Waals surface area contributed by atoms with E-state index in [-0.39, 0.29) is 18.0 Å². The smallest absolute Gasteiger partial charge is 0.318 e. The largest absolute Gasteiger partial charge is 0.383 e. The first-order valence-corrected chi connectivity index (χ1v) is 8.61. The zero-order chi connectivity index (χ0) is 18.1. The van der Waals surface area contributed by atoms with E-state index >= 15 is 0 Å². The molecule has 0 bridgehead atoms. The first-order valence-electron chi connectivity index (χ1n) is 8.61. The van der Waals surface area contributed by atoms with Crippen LogP contribution in [-0.4, -0.2) is 36.2 Å². The van der Waals surface area contributed by atoms with Gasteiger partial charge < -0.3 is 15.0 Å². The molecule has 1 aromatic carbocycles. The Hall–Kier alpha value is -2.40. The number of hydrogen-bond acceptors (Lipinski definition) is 3. The maximum atomic E-state index is 12.9. The quantitative estimate of drug-likeness (QED) is 0.797. The Bertz CT molecular complexity index is 632. The normalized spacial score (nSPS) is 12.0. The Labute approximate surface area is 150 Å². The highest BCUT2D eigenvalue weighted by Crippen LogP contribution is 2.21. The average Bonchev–Trinajstić information content (AvgIpc) is 2.64. The molecule has 1 unspecified atom stereocenters. The van der Waals surface area contributed by atoms with Gasteiger partial charge in [0.25, 0.3) is 0 Å².